The third-order valence-electron chi connectivity index (χ3n) is 5.85. The maximum Gasteiger partial charge on any atom is 0.242 e. The largest absolute Gasteiger partial charge is 0.467 e. The summed E-state index contributed by atoms with van der Waals surface area (Å²) in [5.41, 5.74) is 0. The Bertz CT molecular complexity index is 604. The minimum atomic E-state index is -0.0191. The molecule has 2 amide bonds. The van der Waals surface area contributed by atoms with Gasteiger partial charge in [-0.1, -0.05) is 26.2 Å². The number of amides is 2. The molecule has 3 rings (SSSR count). The first kappa shape index (κ1) is 20.9. The topological polar surface area (TPSA) is 63.0 Å². The predicted molar refractivity (Wildman–Crippen MR) is 107 cm³/mol. The molecule has 1 saturated carbocycles. The fourth-order valence-electron chi connectivity index (χ4n) is 4.19. The molecule has 0 N–H and O–H groups in total. The normalized spacial score (nSPS) is 19.8. The molecule has 1 aromatic rings. The Morgan fingerprint density at radius 3 is 2.61 bits per heavy atom. The van der Waals surface area contributed by atoms with Crippen LogP contribution in [0.15, 0.2) is 22.8 Å². The van der Waals surface area contributed by atoms with Gasteiger partial charge in [0.15, 0.2) is 0 Å². The standard InChI is InChI=1S/C22H34N2O4/c1-2-3-12-23(22(26)18-8-4-5-9-18)17-21(25)24(15-19-10-6-13-27-19)16-20-11-7-14-28-20/h6,10,13,18,20H,2-5,7-9,11-12,14-17H2,1H3. The van der Waals surface area contributed by atoms with Crippen LogP contribution in [0, 0.1) is 5.92 Å². The number of hydrogen-bond donors (Lipinski definition) is 0. The Kier molecular flexibility index (Phi) is 7.95. The molecule has 1 atom stereocenters. The van der Waals surface area contributed by atoms with Gasteiger partial charge in [0.2, 0.25) is 11.8 Å². The van der Waals surface area contributed by atoms with Gasteiger partial charge in [0.25, 0.3) is 0 Å². The first-order chi connectivity index (χ1) is 13.7. The summed E-state index contributed by atoms with van der Waals surface area (Å²) >= 11 is 0. The highest BCUT2D eigenvalue weighted by atomic mass is 16.5. The van der Waals surface area contributed by atoms with Crippen LogP contribution in [0.2, 0.25) is 0 Å². The highest BCUT2D eigenvalue weighted by Gasteiger charge is 2.30. The van der Waals surface area contributed by atoms with E-state index in [2.05, 4.69) is 6.92 Å². The molecule has 1 aromatic heterocycles. The average molecular weight is 391 g/mol. The second-order valence-electron chi connectivity index (χ2n) is 8.08. The molecule has 2 heterocycles. The van der Waals surface area contributed by atoms with E-state index in [0.29, 0.717) is 19.6 Å². The highest BCUT2D eigenvalue weighted by Crippen LogP contribution is 2.27. The first-order valence-corrected chi connectivity index (χ1v) is 10.9. The number of carbonyl (C=O) groups excluding carboxylic acids is 2. The summed E-state index contributed by atoms with van der Waals surface area (Å²) in [4.78, 5) is 29.8. The predicted octanol–water partition coefficient (Wildman–Crippen LogP) is 3.61. The Balaban J connectivity index is 1.65. The average Bonchev–Trinajstić information content (AvgIpc) is 3.47. The van der Waals surface area contributed by atoms with Gasteiger partial charge in [-0.15, -0.1) is 0 Å². The molecule has 1 unspecified atom stereocenters. The Morgan fingerprint density at radius 1 is 1.14 bits per heavy atom. The van der Waals surface area contributed by atoms with Gasteiger partial charge < -0.3 is 19.0 Å². The van der Waals surface area contributed by atoms with Crippen LogP contribution in [-0.2, 0) is 20.9 Å². The number of hydrogen-bond acceptors (Lipinski definition) is 4. The summed E-state index contributed by atoms with van der Waals surface area (Å²) in [7, 11) is 0. The quantitative estimate of drug-likeness (QED) is 0.612. The van der Waals surface area contributed by atoms with Crippen molar-refractivity contribution in [2.24, 2.45) is 5.92 Å². The molecule has 0 aromatic carbocycles. The monoisotopic (exact) mass is 390 g/mol. The Hall–Kier alpha value is -1.82. The molecule has 0 bridgehead atoms. The fourth-order valence-corrected chi connectivity index (χ4v) is 4.19. The van der Waals surface area contributed by atoms with Crippen LogP contribution in [0.5, 0.6) is 0 Å². The van der Waals surface area contributed by atoms with Gasteiger partial charge in [-0.05, 0) is 44.2 Å². The van der Waals surface area contributed by atoms with E-state index in [1.807, 2.05) is 12.1 Å². The number of carbonyl (C=O) groups is 2. The van der Waals surface area contributed by atoms with E-state index in [-0.39, 0.29) is 30.4 Å². The summed E-state index contributed by atoms with van der Waals surface area (Å²) in [6.07, 6.45) is 9.81. The summed E-state index contributed by atoms with van der Waals surface area (Å²) in [5, 5.41) is 0. The minimum absolute atomic E-state index is 0.0191. The highest BCUT2D eigenvalue weighted by molar-refractivity contribution is 5.86. The van der Waals surface area contributed by atoms with Crippen LogP contribution in [0.4, 0.5) is 0 Å². The lowest BCUT2D eigenvalue weighted by Gasteiger charge is -2.30. The third kappa shape index (κ3) is 5.84. The number of unbranched alkanes of at least 4 members (excludes halogenated alkanes) is 1. The van der Waals surface area contributed by atoms with Gasteiger partial charge in [0.1, 0.15) is 5.76 Å². The van der Waals surface area contributed by atoms with Crippen molar-refractivity contribution >= 4 is 11.8 Å². The van der Waals surface area contributed by atoms with Gasteiger partial charge in [-0.3, -0.25) is 9.59 Å². The molecule has 1 aliphatic heterocycles. The molecule has 0 radical (unpaired) electrons. The van der Waals surface area contributed by atoms with Crippen molar-refractivity contribution < 1.29 is 18.7 Å². The maximum absolute atomic E-state index is 13.2. The van der Waals surface area contributed by atoms with Crippen molar-refractivity contribution in [2.75, 3.05) is 26.2 Å². The van der Waals surface area contributed by atoms with Crippen molar-refractivity contribution in [3.05, 3.63) is 24.2 Å². The molecule has 2 fully saturated rings. The molecule has 28 heavy (non-hydrogen) atoms. The van der Waals surface area contributed by atoms with E-state index >= 15 is 0 Å². The van der Waals surface area contributed by atoms with Crippen LogP contribution in [0.25, 0.3) is 0 Å². The molecule has 6 nitrogen and oxygen atoms in total. The zero-order chi connectivity index (χ0) is 19.8. The number of ether oxygens (including phenoxy) is 1. The van der Waals surface area contributed by atoms with Gasteiger partial charge in [0.05, 0.1) is 25.5 Å². The molecule has 1 saturated heterocycles. The Labute approximate surface area is 168 Å². The van der Waals surface area contributed by atoms with Crippen LogP contribution >= 0.6 is 0 Å². The van der Waals surface area contributed by atoms with E-state index in [9.17, 15) is 9.59 Å². The zero-order valence-corrected chi connectivity index (χ0v) is 17.1. The van der Waals surface area contributed by atoms with Crippen LogP contribution in [0.3, 0.4) is 0 Å². The van der Waals surface area contributed by atoms with Crippen LogP contribution in [-0.4, -0.2) is 54.0 Å². The van der Waals surface area contributed by atoms with Crippen molar-refractivity contribution in [3.8, 4) is 0 Å². The SMILES string of the molecule is CCCCN(CC(=O)N(Cc1ccco1)CC1CCCO1)C(=O)C1CCCC1. The van der Waals surface area contributed by atoms with Crippen molar-refractivity contribution in [1.82, 2.24) is 9.80 Å². The lowest BCUT2D eigenvalue weighted by Crippen LogP contribution is -2.46. The second kappa shape index (κ2) is 10.6. The first-order valence-electron chi connectivity index (χ1n) is 10.9. The van der Waals surface area contributed by atoms with Crippen molar-refractivity contribution in [1.29, 1.82) is 0 Å². The molecule has 156 valence electrons. The van der Waals surface area contributed by atoms with Crippen molar-refractivity contribution in [2.45, 2.75) is 70.9 Å². The molecule has 1 aliphatic carbocycles. The summed E-state index contributed by atoms with van der Waals surface area (Å²) in [6, 6.07) is 3.72. The van der Waals surface area contributed by atoms with E-state index in [4.69, 9.17) is 9.15 Å². The number of nitrogens with zero attached hydrogens (tertiary/aromatic N) is 2. The number of rotatable bonds is 10. The minimum Gasteiger partial charge on any atom is -0.467 e. The summed E-state index contributed by atoms with van der Waals surface area (Å²) < 4.78 is 11.2. The van der Waals surface area contributed by atoms with Gasteiger partial charge >= 0.3 is 0 Å². The fraction of sp³-hybridized carbons (Fsp3) is 0.727. The van der Waals surface area contributed by atoms with E-state index < -0.39 is 0 Å². The van der Waals surface area contributed by atoms with Crippen LogP contribution in [0.1, 0.15) is 64.1 Å². The third-order valence-corrected chi connectivity index (χ3v) is 5.85. The lowest BCUT2D eigenvalue weighted by molar-refractivity contribution is -0.144. The van der Waals surface area contributed by atoms with E-state index in [0.717, 1.165) is 63.7 Å². The van der Waals surface area contributed by atoms with Gasteiger partial charge in [0, 0.05) is 25.6 Å². The molecule has 0 spiro atoms. The number of furan rings is 1. The summed E-state index contributed by atoms with van der Waals surface area (Å²) in [6.45, 7) is 4.66. The molecule has 2 aliphatic rings. The van der Waals surface area contributed by atoms with Crippen LogP contribution < -0.4 is 0 Å². The molecular weight excluding hydrogens is 356 g/mol. The van der Waals surface area contributed by atoms with E-state index in [1.165, 1.54) is 0 Å². The maximum atomic E-state index is 13.2. The summed E-state index contributed by atoms with van der Waals surface area (Å²) in [5.74, 6) is 0.999. The van der Waals surface area contributed by atoms with Gasteiger partial charge in [-0.2, -0.15) is 0 Å². The molecular formula is C22H34N2O4. The van der Waals surface area contributed by atoms with Gasteiger partial charge in [-0.25, -0.2) is 0 Å². The zero-order valence-electron chi connectivity index (χ0n) is 17.1. The smallest absolute Gasteiger partial charge is 0.242 e. The second-order valence-corrected chi connectivity index (χ2v) is 8.08. The molecule has 6 heteroatoms. The van der Waals surface area contributed by atoms with E-state index in [1.54, 1.807) is 16.1 Å². The van der Waals surface area contributed by atoms with Crippen molar-refractivity contribution in [3.63, 3.8) is 0 Å². The lowest BCUT2D eigenvalue weighted by atomic mass is 10.1. The Morgan fingerprint density at radius 2 is 1.96 bits per heavy atom.